The van der Waals surface area contributed by atoms with E-state index in [0.717, 1.165) is 51.3 Å². The van der Waals surface area contributed by atoms with Crippen molar-refractivity contribution >= 4 is 40.7 Å². The van der Waals surface area contributed by atoms with Gasteiger partial charge in [0.25, 0.3) is 11.8 Å². The van der Waals surface area contributed by atoms with Crippen LogP contribution in [0.1, 0.15) is 46.4 Å². The van der Waals surface area contributed by atoms with Crippen molar-refractivity contribution in [1.29, 1.82) is 0 Å². The standard InChI is InChI=1S/C27H29Cl2N3O2/c28-23-6-3-7-24(25(23)29)31-10-8-30(9-11-31)16-17-12-18-14-20(15-19(18)13-17)32-26(33)21-4-1-2-5-22(21)27(32)34/h1-7,17-20H,8-16H2. The summed E-state index contributed by atoms with van der Waals surface area (Å²) in [5, 5.41) is 1.26. The highest BCUT2D eigenvalue weighted by Gasteiger charge is 2.48. The second-order valence-corrected chi connectivity index (χ2v) is 11.2. The predicted molar refractivity (Wildman–Crippen MR) is 135 cm³/mol. The van der Waals surface area contributed by atoms with E-state index in [1.165, 1.54) is 12.8 Å². The van der Waals surface area contributed by atoms with E-state index < -0.39 is 0 Å². The van der Waals surface area contributed by atoms with Crippen molar-refractivity contribution in [3.63, 3.8) is 0 Å². The Morgan fingerprint density at radius 3 is 2.00 bits per heavy atom. The summed E-state index contributed by atoms with van der Waals surface area (Å²) in [5.41, 5.74) is 2.17. The molecule has 2 unspecified atom stereocenters. The van der Waals surface area contributed by atoms with Crippen molar-refractivity contribution in [1.82, 2.24) is 9.80 Å². The number of benzene rings is 2. The summed E-state index contributed by atoms with van der Waals surface area (Å²) in [6.07, 6.45) is 4.36. The van der Waals surface area contributed by atoms with Crippen LogP contribution in [0.25, 0.3) is 0 Å². The highest BCUT2D eigenvalue weighted by molar-refractivity contribution is 6.43. The number of amides is 2. The first-order valence-corrected chi connectivity index (χ1v) is 13.1. The number of fused-ring (bicyclic) bond motifs is 2. The lowest BCUT2D eigenvalue weighted by molar-refractivity contribution is 0.0579. The quantitative estimate of drug-likeness (QED) is 0.543. The predicted octanol–water partition coefficient (Wildman–Crippen LogP) is 5.22. The van der Waals surface area contributed by atoms with Crippen LogP contribution in [0.2, 0.25) is 10.0 Å². The number of rotatable bonds is 4. The summed E-state index contributed by atoms with van der Waals surface area (Å²) < 4.78 is 0. The molecule has 2 aromatic carbocycles. The number of anilines is 1. The fourth-order valence-electron chi connectivity index (χ4n) is 6.88. The molecule has 2 aliphatic carbocycles. The molecule has 1 saturated heterocycles. The SMILES string of the molecule is O=C1c2ccccc2C(=O)N1C1CC2CC(CN3CCN(c4cccc(Cl)c4Cl)CC3)CC2C1. The third-order valence-electron chi connectivity index (χ3n) is 8.44. The average Bonchev–Trinajstić information content (AvgIpc) is 3.47. The fraction of sp³-hybridized carbons (Fsp3) is 0.481. The van der Waals surface area contributed by atoms with E-state index in [4.69, 9.17) is 23.2 Å². The molecule has 0 N–H and O–H groups in total. The van der Waals surface area contributed by atoms with Gasteiger partial charge in [0.1, 0.15) is 0 Å². The lowest BCUT2D eigenvalue weighted by atomic mass is 10.0. The van der Waals surface area contributed by atoms with Crippen molar-refractivity contribution in [2.75, 3.05) is 37.6 Å². The zero-order valence-electron chi connectivity index (χ0n) is 19.1. The summed E-state index contributed by atoms with van der Waals surface area (Å²) in [6.45, 7) is 5.13. The Kier molecular flexibility index (Phi) is 5.83. The first kappa shape index (κ1) is 22.4. The molecule has 2 aliphatic heterocycles. The number of hydrogen-bond acceptors (Lipinski definition) is 4. The van der Waals surface area contributed by atoms with Crippen molar-refractivity contribution in [3.05, 3.63) is 63.6 Å². The van der Waals surface area contributed by atoms with Gasteiger partial charge in [-0.1, -0.05) is 41.4 Å². The van der Waals surface area contributed by atoms with Crippen LogP contribution in [0, 0.1) is 17.8 Å². The molecule has 6 rings (SSSR count). The molecule has 0 bridgehead atoms. The zero-order valence-corrected chi connectivity index (χ0v) is 20.6. The number of carbonyl (C=O) groups excluding carboxylic acids is 2. The normalized spacial score (nSPS) is 29.1. The average molecular weight is 498 g/mol. The topological polar surface area (TPSA) is 43.9 Å². The minimum atomic E-state index is -0.0974. The van der Waals surface area contributed by atoms with Gasteiger partial charge in [0.2, 0.25) is 0 Å². The number of carbonyl (C=O) groups is 2. The summed E-state index contributed by atoms with van der Waals surface area (Å²) in [7, 11) is 0. The van der Waals surface area contributed by atoms with Crippen LogP contribution < -0.4 is 4.90 Å². The molecule has 178 valence electrons. The van der Waals surface area contributed by atoms with Gasteiger partial charge in [-0.25, -0.2) is 0 Å². The maximum atomic E-state index is 12.9. The van der Waals surface area contributed by atoms with E-state index in [1.807, 2.05) is 30.3 Å². The van der Waals surface area contributed by atoms with Crippen LogP contribution in [0.4, 0.5) is 5.69 Å². The molecule has 2 aromatic rings. The van der Waals surface area contributed by atoms with Gasteiger partial charge in [-0.15, -0.1) is 0 Å². The Morgan fingerprint density at radius 1 is 0.765 bits per heavy atom. The van der Waals surface area contributed by atoms with E-state index in [9.17, 15) is 9.59 Å². The molecule has 2 amide bonds. The van der Waals surface area contributed by atoms with Gasteiger partial charge < -0.3 is 4.90 Å². The molecule has 34 heavy (non-hydrogen) atoms. The number of nitrogens with zero attached hydrogens (tertiary/aromatic N) is 3. The summed E-state index contributed by atoms with van der Waals surface area (Å²) in [5.74, 6) is 1.77. The molecule has 3 fully saturated rings. The minimum Gasteiger partial charge on any atom is -0.368 e. The molecule has 5 nitrogen and oxygen atoms in total. The molecule has 7 heteroatoms. The van der Waals surface area contributed by atoms with Crippen LogP contribution in [-0.2, 0) is 0 Å². The van der Waals surface area contributed by atoms with Gasteiger partial charge in [-0.3, -0.25) is 19.4 Å². The summed E-state index contributed by atoms with van der Waals surface area (Å²) >= 11 is 12.6. The van der Waals surface area contributed by atoms with Gasteiger partial charge in [-0.2, -0.15) is 0 Å². The summed E-state index contributed by atoms with van der Waals surface area (Å²) in [6, 6.07) is 13.1. The Hall–Kier alpha value is -2.08. The Morgan fingerprint density at radius 2 is 1.38 bits per heavy atom. The lowest BCUT2D eigenvalue weighted by Crippen LogP contribution is -2.47. The molecule has 0 spiro atoms. The Balaban J connectivity index is 1.02. The molecule has 2 saturated carbocycles. The first-order chi connectivity index (χ1) is 16.5. The monoisotopic (exact) mass is 497 g/mol. The number of halogens is 2. The Labute approximate surface area is 210 Å². The molecule has 4 aliphatic rings. The van der Waals surface area contributed by atoms with Gasteiger partial charge in [0.05, 0.1) is 26.9 Å². The van der Waals surface area contributed by atoms with E-state index in [0.29, 0.717) is 38.9 Å². The second-order valence-electron chi connectivity index (χ2n) is 10.4. The third kappa shape index (κ3) is 3.82. The maximum absolute atomic E-state index is 12.9. The fourth-order valence-corrected chi connectivity index (χ4v) is 7.30. The van der Waals surface area contributed by atoms with Gasteiger partial charge in [0.15, 0.2) is 0 Å². The van der Waals surface area contributed by atoms with Gasteiger partial charge >= 0.3 is 0 Å². The van der Waals surface area contributed by atoms with Crippen LogP contribution in [0.5, 0.6) is 0 Å². The van der Waals surface area contributed by atoms with E-state index in [2.05, 4.69) is 9.80 Å². The number of piperazine rings is 1. The molecular weight excluding hydrogens is 469 g/mol. The number of imide groups is 1. The lowest BCUT2D eigenvalue weighted by Gasteiger charge is -2.37. The number of hydrogen-bond donors (Lipinski definition) is 0. The molecule has 0 aromatic heterocycles. The molecule has 2 heterocycles. The highest BCUT2D eigenvalue weighted by Crippen LogP contribution is 2.49. The van der Waals surface area contributed by atoms with Crippen molar-refractivity contribution in [2.24, 2.45) is 17.8 Å². The second kappa shape index (κ2) is 8.85. The van der Waals surface area contributed by atoms with E-state index >= 15 is 0 Å². The maximum Gasteiger partial charge on any atom is 0.261 e. The molecule has 2 atom stereocenters. The Bertz CT molecular complexity index is 1080. The third-order valence-corrected chi connectivity index (χ3v) is 9.25. The highest BCUT2D eigenvalue weighted by atomic mass is 35.5. The largest absolute Gasteiger partial charge is 0.368 e. The van der Waals surface area contributed by atoms with Crippen LogP contribution in [0.3, 0.4) is 0 Å². The van der Waals surface area contributed by atoms with Crippen LogP contribution >= 0.6 is 23.2 Å². The van der Waals surface area contributed by atoms with Crippen LogP contribution in [-0.4, -0.2) is 60.4 Å². The minimum absolute atomic E-state index is 0.0642. The van der Waals surface area contributed by atoms with Gasteiger partial charge in [0, 0.05) is 38.8 Å². The molecular formula is C27H29Cl2N3O2. The van der Waals surface area contributed by atoms with Crippen LogP contribution in [0.15, 0.2) is 42.5 Å². The van der Waals surface area contributed by atoms with Crippen molar-refractivity contribution in [2.45, 2.75) is 31.7 Å². The first-order valence-electron chi connectivity index (χ1n) is 12.4. The summed E-state index contributed by atoms with van der Waals surface area (Å²) in [4.78, 5) is 32.3. The van der Waals surface area contributed by atoms with Crippen molar-refractivity contribution < 1.29 is 9.59 Å². The van der Waals surface area contributed by atoms with Gasteiger partial charge in [-0.05, 0) is 67.7 Å². The van der Waals surface area contributed by atoms with Crippen molar-refractivity contribution in [3.8, 4) is 0 Å². The van der Waals surface area contributed by atoms with E-state index in [-0.39, 0.29) is 17.9 Å². The smallest absolute Gasteiger partial charge is 0.261 e. The molecule has 0 radical (unpaired) electrons. The van der Waals surface area contributed by atoms with E-state index in [1.54, 1.807) is 17.0 Å². The zero-order chi connectivity index (χ0) is 23.4.